The van der Waals surface area contributed by atoms with E-state index in [1.165, 1.54) is 6.92 Å². The first kappa shape index (κ1) is 20.2. The number of allylic oxidation sites excluding steroid dienone is 4. The van der Waals surface area contributed by atoms with Crippen LogP contribution in [0.2, 0.25) is 0 Å². The molecule has 21 heavy (non-hydrogen) atoms. The number of nitrogens with zero attached hydrogens (tertiary/aromatic N) is 1. The van der Waals surface area contributed by atoms with Gasteiger partial charge in [0.05, 0.1) is 5.71 Å². The quantitative estimate of drug-likeness (QED) is 0.474. The Kier molecular flexibility index (Phi) is 8.29. The molecule has 2 atom stereocenters. The summed E-state index contributed by atoms with van der Waals surface area (Å²) in [6.45, 7) is 12.6. The van der Waals surface area contributed by atoms with Crippen molar-refractivity contribution in [3.63, 3.8) is 0 Å². The van der Waals surface area contributed by atoms with Crippen LogP contribution in [0.4, 0.5) is 0 Å². The lowest BCUT2D eigenvalue weighted by Crippen LogP contribution is -2.27. The van der Waals surface area contributed by atoms with Crippen LogP contribution in [-0.4, -0.2) is 20.9 Å². The summed E-state index contributed by atoms with van der Waals surface area (Å²) in [5, 5.41) is 3.23. The smallest absolute Gasteiger partial charge is 0.220 e. The normalized spacial score (nSPS) is 17.5. The highest BCUT2D eigenvalue weighted by Gasteiger charge is 2.27. The number of nitrogens with one attached hydrogen (secondary N) is 1. The first-order chi connectivity index (χ1) is 9.45. The Morgan fingerprint density at radius 3 is 2.24 bits per heavy atom. The summed E-state index contributed by atoms with van der Waals surface area (Å²) in [4.78, 5) is 10.9. The van der Waals surface area contributed by atoms with Gasteiger partial charge in [0.1, 0.15) is 16.1 Å². The summed E-state index contributed by atoms with van der Waals surface area (Å²) in [6, 6.07) is 0. The standard InChI is InChI=1S/C15H25ClN2O2S/c1-10(17-13(4)19)8-9-14(16)11(2)12(3)18-21(20)15(5,6)7/h8-9,11H,1-7H3,(H,17,19)/b10-8+,14-9+,18-12?. The lowest BCUT2D eigenvalue weighted by molar-refractivity contribution is -0.118. The molecule has 0 rings (SSSR count). The Morgan fingerprint density at radius 1 is 1.29 bits per heavy atom. The summed E-state index contributed by atoms with van der Waals surface area (Å²) in [6.07, 6.45) is 3.45. The third kappa shape index (κ3) is 8.29. The molecule has 0 aromatic heterocycles. The predicted molar refractivity (Wildman–Crippen MR) is 91.7 cm³/mol. The highest BCUT2D eigenvalue weighted by Crippen LogP contribution is 2.22. The second kappa shape index (κ2) is 8.61. The number of rotatable bonds is 5. The van der Waals surface area contributed by atoms with Gasteiger partial charge in [-0.25, -0.2) is 0 Å². The third-order valence-electron chi connectivity index (χ3n) is 2.66. The second-order valence-electron chi connectivity index (χ2n) is 5.90. The van der Waals surface area contributed by atoms with E-state index in [0.29, 0.717) is 10.7 Å². The van der Waals surface area contributed by atoms with Crippen molar-refractivity contribution in [2.24, 2.45) is 10.3 Å². The number of amides is 1. The van der Waals surface area contributed by atoms with Gasteiger partial charge in [0.25, 0.3) is 0 Å². The first-order valence-electron chi connectivity index (χ1n) is 6.74. The van der Waals surface area contributed by atoms with E-state index in [2.05, 4.69) is 9.71 Å². The van der Waals surface area contributed by atoms with Crippen LogP contribution in [0.15, 0.2) is 27.3 Å². The van der Waals surface area contributed by atoms with Gasteiger partial charge in [-0.3, -0.25) is 4.79 Å². The molecule has 0 saturated carbocycles. The van der Waals surface area contributed by atoms with Crippen LogP contribution in [0.5, 0.6) is 0 Å². The molecule has 0 aromatic rings. The molecule has 120 valence electrons. The van der Waals surface area contributed by atoms with E-state index < -0.39 is 11.4 Å². The Morgan fingerprint density at radius 2 is 1.81 bits per heavy atom. The zero-order valence-corrected chi connectivity index (χ0v) is 15.4. The molecule has 0 aliphatic heterocycles. The molecule has 0 aromatic carbocycles. The van der Waals surface area contributed by atoms with E-state index in [9.17, 15) is 9.35 Å². The van der Waals surface area contributed by atoms with Crippen LogP contribution < -0.4 is 5.32 Å². The molecule has 6 heteroatoms. The van der Waals surface area contributed by atoms with Crippen molar-refractivity contribution in [1.82, 2.24) is 5.32 Å². The van der Waals surface area contributed by atoms with Crippen molar-refractivity contribution in [2.75, 3.05) is 0 Å². The van der Waals surface area contributed by atoms with E-state index in [1.54, 1.807) is 19.1 Å². The topological polar surface area (TPSA) is 64.5 Å². The van der Waals surface area contributed by atoms with E-state index in [0.717, 1.165) is 5.71 Å². The molecule has 1 N–H and O–H groups in total. The highest BCUT2D eigenvalue weighted by atomic mass is 35.5. The molecule has 1 amide bonds. The van der Waals surface area contributed by atoms with Crippen molar-refractivity contribution < 1.29 is 9.35 Å². The minimum atomic E-state index is -1.30. The number of carbonyl (C=O) groups excluding carboxylic acids is 1. The van der Waals surface area contributed by atoms with E-state index >= 15 is 0 Å². The summed E-state index contributed by atoms with van der Waals surface area (Å²) < 4.78 is 15.8. The average molecular weight is 333 g/mol. The lowest BCUT2D eigenvalue weighted by atomic mass is 10.1. The maximum atomic E-state index is 12.0. The number of hydrogen-bond acceptors (Lipinski definition) is 3. The van der Waals surface area contributed by atoms with Crippen LogP contribution in [-0.2, 0) is 16.2 Å². The van der Waals surface area contributed by atoms with E-state index in [4.69, 9.17) is 11.6 Å². The van der Waals surface area contributed by atoms with Crippen LogP contribution in [0.1, 0.15) is 48.5 Å². The van der Waals surface area contributed by atoms with Gasteiger partial charge in [-0.2, -0.15) is 0 Å². The van der Waals surface area contributed by atoms with Crippen LogP contribution in [0.25, 0.3) is 0 Å². The molecule has 0 aliphatic rings. The van der Waals surface area contributed by atoms with Gasteiger partial charge in [0.2, 0.25) is 5.91 Å². The molecular formula is C15H25ClN2O2S. The third-order valence-corrected chi connectivity index (χ3v) is 4.61. The highest BCUT2D eigenvalue weighted by molar-refractivity contribution is 7.91. The molecule has 4 nitrogen and oxygen atoms in total. The molecule has 0 aliphatic carbocycles. The fourth-order valence-electron chi connectivity index (χ4n) is 1.21. The fourth-order valence-corrected chi connectivity index (χ4v) is 2.13. The minimum absolute atomic E-state index is 0.125. The fraction of sp³-hybridized carbons (Fsp3) is 0.600. The summed E-state index contributed by atoms with van der Waals surface area (Å²) in [7, 11) is 0. The monoisotopic (exact) mass is 332 g/mol. The second-order valence-corrected chi connectivity index (χ2v) is 8.24. The molecule has 0 radical (unpaired) electrons. The summed E-state index contributed by atoms with van der Waals surface area (Å²) >= 11 is 4.93. The Hall–Kier alpha value is -0.780. The maximum Gasteiger partial charge on any atom is 0.220 e. The van der Waals surface area contributed by atoms with Crippen LogP contribution >= 0.6 is 11.6 Å². The van der Waals surface area contributed by atoms with E-state index in [-0.39, 0.29) is 16.6 Å². The van der Waals surface area contributed by atoms with Gasteiger partial charge in [0, 0.05) is 23.6 Å². The predicted octanol–water partition coefficient (Wildman–Crippen LogP) is 3.71. The number of carbonyl (C=O) groups is 1. The minimum Gasteiger partial charge on any atom is -0.591 e. The Labute approximate surface area is 136 Å². The summed E-state index contributed by atoms with van der Waals surface area (Å²) in [5.41, 5.74) is 1.43. The maximum absolute atomic E-state index is 12.0. The zero-order chi connectivity index (χ0) is 16.8. The summed E-state index contributed by atoms with van der Waals surface area (Å²) in [5.74, 6) is -0.251. The zero-order valence-electron chi connectivity index (χ0n) is 13.8. The number of halogens is 1. The van der Waals surface area contributed by atoms with Crippen molar-refractivity contribution in [1.29, 1.82) is 0 Å². The number of hydrogen-bond donors (Lipinski definition) is 1. The molecule has 0 saturated heterocycles. The van der Waals surface area contributed by atoms with Gasteiger partial charge in [-0.15, -0.1) is 0 Å². The molecule has 2 unspecified atom stereocenters. The molecule has 0 bridgehead atoms. The van der Waals surface area contributed by atoms with Crippen molar-refractivity contribution in [2.45, 2.75) is 53.2 Å². The lowest BCUT2D eigenvalue weighted by Gasteiger charge is -2.20. The van der Waals surface area contributed by atoms with Gasteiger partial charge < -0.3 is 9.87 Å². The van der Waals surface area contributed by atoms with Crippen molar-refractivity contribution >= 4 is 34.6 Å². The molecule has 0 fully saturated rings. The van der Waals surface area contributed by atoms with Crippen LogP contribution in [0.3, 0.4) is 0 Å². The van der Waals surface area contributed by atoms with Crippen LogP contribution in [0, 0.1) is 5.92 Å². The SMILES string of the molecule is CC(=O)N/C(C)=C/C=C(/Cl)C(C)C(C)=N[S+]([O-])C(C)(C)C. The average Bonchev–Trinajstić information content (AvgIpc) is 2.32. The molecule has 0 spiro atoms. The Balaban J connectivity index is 4.95. The van der Waals surface area contributed by atoms with Gasteiger partial charge >= 0.3 is 0 Å². The first-order valence-corrected chi connectivity index (χ1v) is 8.22. The Bertz CT molecular complexity index is 465. The van der Waals surface area contributed by atoms with Crippen molar-refractivity contribution in [3.05, 3.63) is 22.9 Å². The van der Waals surface area contributed by atoms with Gasteiger partial charge in [-0.05, 0) is 46.8 Å². The van der Waals surface area contributed by atoms with Gasteiger partial charge in [-0.1, -0.05) is 22.9 Å². The largest absolute Gasteiger partial charge is 0.591 e. The van der Waals surface area contributed by atoms with Gasteiger partial charge in [0.15, 0.2) is 0 Å². The van der Waals surface area contributed by atoms with Crippen molar-refractivity contribution in [3.8, 4) is 0 Å². The van der Waals surface area contributed by atoms with E-state index in [1.807, 2.05) is 34.6 Å². The molecular weight excluding hydrogens is 308 g/mol. The molecule has 0 heterocycles.